The van der Waals surface area contributed by atoms with Crippen LogP contribution < -0.4 is 11.1 Å². The van der Waals surface area contributed by atoms with Crippen molar-refractivity contribution in [2.45, 2.75) is 0 Å². The van der Waals surface area contributed by atoms with E-state index in [9.17, 15) is 4.79 Å². The fourth-order valence-electron chi connectivity index (χ4n) is 2.52. The first kappa shape index (κ1) is 13.9. The number of fused-ring (bicyclic) bond motifs is 1. The number of nitrogens with zero attached hydrogens (tertiary/aromatic N) is 1. The van der Waals surface area contributed by atoms with Gasteiger partial charge in [-0.1, -0.05) is 0 Å². The van der Waals surface area contributed by atoms with Crippen LogP contribution in [0.4, 0.5) is 5.69 Å². The molecule has 0 saturated carbocycles. The third-order valence-corrected chi connectivity index (χ3v) is 3.71. The van der Waals surface area contributed by atoms with Gasteiger partial charge in [-0.3, -0.25) is 9.69 Å². The van der Waals surface area contributed by atoms with E-state index >= 15 is 0 Å². The molecule has 2 aromatic rings. The molecule has 112 valence electrons. The minimum atomic E-state index is -0.0852. The van der Waals surface area contributed by atoms with Gasteiger partial charge in [0.15, 0.2) is 0 Å². The van der Waals surface area contributed by atoms with Gasteiger partial charge in [-0.05, 0) is 24.3 Å². The van der Waals surface area contributed by atoms with Crippen LogP contribution in [0.15, 0.2) is 24.3 Å². The van der Waals surface area contributed by atoms with Gasteiger partial charge in [0.05, 0.1) is 13.2 Å². The molecule has 6 heteroatoms. The number of morpholine rings is 1. The number of hydrogen-bond donors (Lipinski definition) is 3. The summed E-state index contributed by atoms with van der Waals surface area (Å²) in [7, 11) is 0. The summed E-state index contributed by atoms with van der Waals surface area (Å²) >= 11 is 0. The zero-order chi connectivity index (χ0) is 14.7. The van der Waals surface area contributed by atoms with Crippen LogP contribution in [0, 0.1) is 0 Å². The lowest BCUT2D eigenvalue weighted by atomic mass is 10.2. The smallest absolute Gasteiger partial charge is 0.267 e. The van der Waals surface area contributed by atoms with Crippen molar-refractivity contribution in [3.8, 4) is 0 Å². The van der Waals surface area contributed by atoms with E-state index in [0.29, 0.717) is 17.9 Å². The van der Waals surface area contributed by atoms with E-state index in [1.54, 1.807) is 0 Å². The number of anilines is 1. The van der Waals surface area contributed by atoms with Gasteiger partial charge in [0.1, 0.15) is 5.69 Å². The lowest BCUT2D eigenvalue weighted by Gasteiger charge is -2.26. The van der Waals surface area contributed by atoms with E-state index < -0.39 is 0 Å². The van der Waals surface area contributed by atoms with Gasteiger partial charge in [0.2, 0.25) is 0 Å². The molecule has 21 heavy (non-hydrogen) atoms. The molecule has 1 fully saturated rings. The lowest BCUT2D eigenvalue weighted by molar-refractivity contribution is 0.0383. The number of rotatable bonds is 4. The van der Waals surface area contributed by atoms with E-state index in [4.69, 9.17) is 10.5 Å². The van der Waals surface area contributed by atoms with Crippen molar-refractivity contribution in [2.24, 2.45) is 0 Å². The monoisotopic (exact) mass is 288 g/mol. The summed E-state index contributed by atoms with van der Waals surface area (Å²) in [5.41, 5.74) is 7.92. The quantitative estimate of drug-likeness (QED) is 0.727. The largest absolute Gasteiger partial charge is 0.399 e. The van der Waals surface area contributed by atoms with Crippen LogP contribution in [0.3, 0.4) is 0 Å². The van der Waals surface area contributed by atoms with Gasteiger partial charge in [-0.15, -0.1) is 0 Å². The average molecular weight is 288 g/mol. The summed E-state index contributed by atoms with van der Waals surface area (Å²) in [5, 5.41) is 3.89. The molecule has 4 N–H and O–H groups in total. The summed E-state index contributed by atoms with van der Waals surface area (Å²) in [5.74, 6) is -0.0852. The number of H-pyrrole nitrogens is 1. The topological polar surface area (TPSA) is 83.4 Å². The fraction of sp³-hybridized carbons (Fsp3) is 0.400. The minimum Gasteiger partial charge on any atom is -0.399 e. The van der Waals surface area contributed by atoms with Gasteiger partial charge >= 0.3 is 0 Å². The Bertz CT molecular complexity index is 632. The third kappa shape index (κ3) is 3.34. The van der Waals surface area contributed by atoms with Crippen LogP contribution in [0.5, 0.6) is 0 Å². The Morgan fingerprint density at radius 2 is 2.14 bits per heavy atom. The summed E-state index contributed by atoms with van der Waals surface area (Å²) in [6.45, 7) is 4.90. The molecule has 0 bridgehead atoms. The maximum absolute atomic E-state index is 12.1. The number of nitrogens with one attached hydrogen (secondary N) is 2. The highest BCUT2D eigenvalue weighted by Gasteiger charge is 2.12. The van der Waals surface area contributed by atoms with Crippen molar-refractivity contribution in [1.82, 2.24) is 15.2 Å². The molecular formula is C15H20N4O2. The Balaban J connectivity index is 1.56. The van der Waals surface area contributed by atoms with Crippen molar-refractivity contribution in [3.05, 3.63) is 30.0 Å². The molecule has 3 rings (SSSR count). The standard InChI is InChI=1S/C15H20N4O2/c16-12-1-2-13-11(9-12)10-14(18-13)15(20)17-3-4-19-5-7-21-8-6-19/h1-2,9-10,18H,3-8,16H2,(H,17,20). The van der Waals surface area contributed by atoms with Gasteiger partial charge in [-0.25, -0.2) is 0 Å². The van der Waals surface area contributed by atoms with Crippen molar-refractivity contribution in [3.63, 3.8) is 0 Å². The van der Waals surface area contributed by atoms with Crippen molar-refractivity contribution < 1.29 is 9.53 Å². The predicted octanol–water partition coefficient (Wildman–Crippen LogP) is 0.812. The average Bonchev–Trinajstić information content (AvgIpc) is 2.91. The number of benzene rings is 1. The first-order valence-corrected chi connectivity index (χ1v) is 7.19. The number of carbonyl (C=O) groups excluding carboxylic acids is 1. The molecule has 1 aromatic heterocycles. The second-order valence-electron chi connectivity index (χ2n) is 5.24. The Hall–Kier alpha value is -2.05. The minimum absolute atomic E-state index is 0.0852. The first-order chi connectivity index (χ1) is 10.2. The van der Waals surface area contributed by atoms with E-state index in [2.05, 4.69) is 15.2 Å². The van der Waals surface area contributed by atoms with Crippen LogP contribution in [0.2, 0.25) is 0 Å². The van der Waals surface area contributed by atoms with E-state index in [1.807, 2.05) is 24.3 Å². The van der Waals surface area contributed by atoms with Crippen LogP contribution >= 0.6 is 0 Å². The van der Waals surface area contributed by atoms with Crippen molar-refractivity contribution in [1.29, 1.82) is 0 Å². The SMILES string of the molecule is Nc1ccc2[nH]c(C(=O)NCCN3CCOCC3)cc2c1. The second kappa shape index (κ2) is 6.15. The Morgan fingerprint density at radius 1 is 1.33 bits per heavy atom. The molecule has 1 saturated heterocycles. The molecule has 1 aliphatic heterocycles. The number of ether oxygens (including phenoxy) is 1. The highest BCUT2D eigenvalue weighted by molar-refractivity contribution is 5.98. The fourth-order valence-corrected chi connectivity index (χ4v) is 2.52. The van der Waals surface area contributed by atoms with Gasteiger partial charge in [0, 0.05) is 42.8 Å². The molecule has 2 heterocycles. The number of aromatic nitrogens is 1. The number of nitrogens with two attached hydrogens (primary N) is 1. The Kier molecular flexibility index (Phi) is 4.08. The van der Waals surface area contributed by atoms with Gasteiger partial charge in [0.25, 0.3) is 5.91 Å². The molecule has 1 amide bonds. The van der Waals surface area contributed by atoms with E-state index in [1.165, 1.54) is 0 Å². The third-order valence-electron chi connectivity index (χ3n) is 3.71. The van der Waals surface area contributed by atoms with Crippen molar-refractivity contribution >= 4 is 22.5 Å². The summed E-state index contributed by atoms with van der Waals surface area (Å²) in [6.07, 6.45) is 0. The maximum atomic E-state index is 12.1. The molecule has 1 aliphatic rings. The number of amides is 1. The summed E-state index contributed by atoms with van der Waals surface area (Å²) in [6, 6.07) is 7.39. The zero-order valence-electron chi connectivity index (χ0n) is 11.9. The highest BCUT2D eigenvalue weighted by atomic mass is 16.5. The normalized spacial score (nSPS) is 16.2. The first-order valence-electron chi connectivity index (χ1n) is 7.19. The number of carbonyl (C=O) groups is 1. The van der Waals surface area contributed by atoms with Gasteiger partial charge < -0.3 is 20.8 Å². The summed E-state index contributed by atoms with van der Waals surface area (Å²) in [4.78, 5) is 17.5. The highest BCUT2D eigenvalue weighted by Crippen LogP contribution is 2.18. The molecule has 6 nitrogen and oxygen atoms in total. The zero-order valence-corrected chi connectivity index (χ0v) is 11.9. The van der Waals surface area contributed by atoms with E-state index in [-0.39, 0.29) is 5.91 Å². The van der Waals surface area contributed by atoms with Crippen LogP contribution in [-0.4, -0.2) is 55.2 Å². The molecule has 0 spiro atoms. The van der Waals surface area contributed by atoms with Crippen LogP contribution in [0.1, 0.15) is 10.5 Å². The lowest BCUT2D eigenvalue weighted by Crippen LogP contribution is -2.41. The molecule has 0 atom stereocenters. The Labute approximate surface area is 123 Å². The Morgan fingerprint density at radius 3 is 2.95 bits per heavy atom. The summed E-state index contributed by atoms with van der Waals surface area (Å²) < 4.78 is 5.30. The van der Waals surface area contributed by atoms with Crippen molar-refractivity contribution in [2.75, 3.05) is 45.1 Å². The van der Waals surface area contributed by atoms with Gasteiger partial charge in [-0.2, -0.15) is 0 Å². The molecular weight excluding hydrogens is 268 g/mol. The number of hydrogen-bond acceptors (Lipinski definition) is 4. The number of aromatic amines is 1. The van der Waals surface area contributed by atoms with E-state index in [0.717, 1.165) is 43.8 Å². The molecule has 0 unspecified atom stereocenters. The van der Waals surface area contributed by atoms with Crippen LogP contribution in [-0.2, 0) is 4.74 Å². The molecule has 0 radical (unpaired) electrons. The molecule has 1 aromatic carbocycles. The molecule has 0 aliphatic carbocycles. The second-order valence-corrected chi connectivity index (χ2v) is 5.24. The maximum Gasteiger partial charge on any atom is 0.267 e. The number of nitrogen functional groups attached to an aromatic ring is 1. The predicted molar refractivity (Wildman–Crippen MR) is 82.3 cm³/mol. The van der Waals surface area contributed by atoms with Crippen LogP contribution in [0.25, 0.3) is 10.9 Å².